The van der Waals surface area contributed by atoms with Crippen LogP contribution in [-0.4, -0.2) is 48.1 Å². The lowest BCUT2D eigenvalue weighted by Gasteiger charge is -2.22. The normalized spacial score (nSPS) is 28.1. The molecule has 2 saturated heterocycles. The molecular weight excluding hydrogens is 470 g/mol. The summed E-state index contributed by atoms with van der Waals surface area (Å²) in [6, 6.07) is 10.0. The first-order valence-corrected chi connectivity index (χ1v) is 10.5. The largest absolute Gasteiger partial charge is 0.469 e. The van der Waals surface area contributed by atoms with Crippen molar-refractivity contribution in [2.75, 3.05) is 13.7 Å². The number of nitrogens with zero attached hydrogens (tertiary/aromatic N) is 1. The SMILES string of the molecule is COC(=O)[C@H]1[C@H]2C(=O)N(Cc3cccc(OC(=O)c4ccc(Br)o4)c3)C[C@@]23C=C[C@H]1O3. The number of hydrogen-bond acceptors (Lipinski definition) is 7. The van der Waals surface area contributed by atoms with Gasteiger partial charge in [-0.1, -0.05) is 24.3 Å². The van der Waals surface area contributed by atoms with Gasteiger partial charge in [0.25, 0.3) is 0 Å². The van der Waals surface area contributed by atoms with E-state index in [0.29, 0.717) is 23.5 Å². The molecule has 8 nitrogen and oxygen atoms in total. The van der Waals surface area contributed by atoms with Crippen LogP contribution < -0.4 is 4.74 Å². The van der Waals surface area contributed by atoms with Crippen LogP contribution >= 0.6 is 15.9 Å². The molecule has 1 spiro atoms. The van der Waals surface area contributed by atoms with Crippen molar-refractivity contribution in [1.29, 1.82) is 0 Å². The second-order valence-corrected chi connectivity index (χ2v) is 8.54. The maximum Gasteiger partial charge on any atom is 0.379 e. The fourth-order valence-corrected chi connectivity index (χ4v) is 4.93. The number of esters is 2. The summed E-state index contributed by atoms with van der Waals surface area (Å²) in [5, 5.41) is 0. The minimum atomic E-state index is -0.794. The average molecular weight is 488 g/mol. The molecule has 2 aromatic rings. The number of hydrogen-bond donors (Lipinski definition) is 0. The summed E-state index contributed by atoms with van der Waals surface area (Å²) in [7, 11) is 1.32. The van der Waals surface area contributed by atoms with Gasteiger partial charge in [-0.2, -0.15) is 0 Å². The third-order valence-electron chi connectivity index (χ3n) is 5.91. The van der Waals surface area contributed by atoms with Crippen LogP contribution in [0.1, 0.15) is 16.1 Å². The highest BCUT2D eigenvalue weighted by Crippen LogP contribution is 2.52. The Bertz CT molecular complexity index is 1110. The van der Waals surface area contributed by atoms with Gasteiger partial charge in [0.2, 0.25) is 11.7 Å². The Hall–Kier alpha value is -2.91. The maximum absolute atomic E-state index is 13.2. The molecule has 0 saturated carbocycles. The van der Waals surface area contributed by atoms with Crippen LogP contribution in [0.3, 0.4) is 0 Å². The van der Waals surface area contributed by atoms with E-state index in [9.17, 15) is 14.4 Å². The summed E-state index contributed by atoms with van der Waals surface area (Å²) >= 11 is 3.15. The number of halogens is 1. The molecule has 5 rings (SSSR count). The van der Waals surface area contributed by atoms with E-state index in [1.54, 1.807) is 29.2 Å². The summed E-state index contributed by atoms with van der Waals surface area (Å²) in [5.41, 5.74) is -0.0130. The first-order chi connectivity index (χ1) is 14.9. The summed E-state index contributed by atoms with van der Waals surface area (Å²) in [4.78, 5) is 39.3. The van der Waals surface area contributed by atoms with Crippen molar-refractivity contribution in [1.82, 2.24) is 4.90 Å². The topological polar surface area (TPSA) is 95.3 Å². The molecule has 0 aliphatic carbocycles. The molecule has 160 valence electrons. The maximum atomic E-state index is 13.2. The number of amides is 1. The molecule has 31 heavy (non-hydrogen) atoms. The number of ether oxygens (including phenoxy) is 3. The van der Waals surface area contributed by atoms with Gasteiger partial charge in [-0.05, 0) is 45.8 Å². The van der Waals surface area contributed by atoms with E-state index in [-0.39, 0.29) is 11.7 Å². The van der Waals surface area contributed by atoms with E-state index in [0.717, 1.165) is 5.56 Å². The van der Waals surface area contributed by atoms with Gasteiger partial charge in [0.05, 0.1) is 25.7 Å². The highest BCUT2D eigenvalue weighted by atomic mass is 79.9. The van der Waals surface area contributed by atoms with Gasteiger partial charge in [-0.3, -0.25) is 9.59 Å². The molecule has 2 bridgehead atoms. The van der Waals surface area contributed by atoms with E-state index >= 15 is 0 Å². The number of benzene rings is 1. The summed E-state index contributed by atoms with van der Waals surface area (Å²) in [6.07, 6.45) is 3.30. The number of likely N-dealkylation sites (tertiary alicyclic amines) is 1. The van der Waals surface area contributed by atoms with Crippen LogP contribution in [0, 0.1) is 11.8 Å². The molecule has 9 heteroatoms. The number of fused-ring (bicyclic) bond motifs is 1. The predicted molar refractivity (Wildman–Crippen MR) is 109 cm³/mol. The van der Waals surface area contributed by atoms with Crippen molar-refractivity contribution in [3.05, 3.63) is 64.5 Å². The molecule has 1 aromatic carbocycles. The second-order valence-electron chi connectivity index (χ2n) is 7.76. The molecule has 0 unspecified atom stereocenters. The van der Waals surface area contributed by atoms with E-state index in [2.05, 4.69) is 15.9 Å². The Morgan fingerprint density at radius 1 is 1.29 bits per heavy atom. The summed E-state index contributed by atoms with van der Waals surface area (Å²) in [6.45, 7) is 0.645. The zero-order chi connectivity index (χ0) is 21.8. The van der Waals surface area contributed by atoms with Crippen LogP contribution in [0.4, 0.5) is 0 Å². The first-order valence-electron chi connectivity index (χ1n) is 9.70. The second kappa shape index (κ2) is 7.35. The van der Waals surface area contributed by atoms with Gasteiger partial charge >= 0.3 is 11.9 Å². The van der Waals surface area contributed by atoms with Crippen molar-refractivity contribution in [2.24, 2.45) is 11.8 Å². The zero-order valence-electron chi connectivity index (χ0n) is 16.4. The van der Waals surface area contributed by atoms with Gasteiger partial charge in [0.1, 0.15) is 17.3 Å². The minimum absolute atomic E-state index is 0.0764. The molecule has 4 atom stereocenters. The van der Waals surface area contributed by atoms with E-state index < -0.39 is 35.5 Å². The zero-order valence-corrected chi connectivity index (χ0v) is 18.0. The van der Waals surface area contributed by atoms with Gasteiger partial charge < -0.3 is 23.5 Å². The Labute approximate surface area is 185 Å². The number of carbonyl (C=O) groups is 3. The van der Waals surface area contributed by atoms with Crippen LogP contribution in [-0.2, 0) is 25.6 Å². The number of furan rings is 1. The minimum Gasteiger partial charge on any atom is -0.469 e. The fraction of sp³-hybridized carbons (Fsp3) is 0.318. The average Bonchev–Trinajstić information content (AvgIpc) is 3.49. The molecule has 1 aromatic heterocycles. The lowest BCUT2D eigenvalue weighted by atomic mass is 9.77. The number of methoxy groups -OCH3 is 1. The third kappa shape index (κ3) is 3.28. The van der Waals surface area contributed by atoms with Crippen LogP contribution in [0.2, 0.25) is 0 Å². The molecule has 3 aliphatic rings. The van der Waals surface area contributed by atoms with Crippen molar-refractivity contribution >= 4 is 33.8 Å². The van der Waals surface area contributed by atoms with Gasteiger partial charge in [-0.25, -0.2) is 4.79 Å². The summed E-state index contributed by atoms with van der Waals surface area (Å²) < 4.78 is 21.9. The fourth-order valence-electron chi connectivity index (χ4n) is 4.63. The standard InChI is InChI=1S/C22H18BrNO7/c1-28-21(27)17-14-7-8-22(31-14)11-24(19(25)18(17)22)10-12-3-2-4-13(9-12)29-20(26)15-5-6-16(23)30-15/h2-9,14,17-18H,10-11H2,1H3/t14-,17-,18+,22+/m1/s1. The number of carbonyl (C=O) groups excluding carboxylic acids is 3. The van der Waals surface area contributed by atoms with E-state index in [1.165, 1.54) is 13.2 Å². The Balaban J connectivity index is 1.32. The highest BCUT2D eigenvalue weighted by Gasteiger charge is 2.67. The first kappa shape index (κ1) is 20.0. The van der Waals surface area contributed by atoms with Gasteiger partial charge in [-0.15, -0.1) is 0 Å². The third-order valence-corrected chi connectivity index (χ3v) is 6.34. The molecule has 4 heterocycles. The monoisotopic (exact) mass is 487 g/mol. The highest BCUT2D eigenvalue weighted by molar-refractivity contribution is 9.10. The van der Waals surface area contributed by atoms with Crippen molar-refractivity contribution in [3.8, 4) is 5.75 Å². The molecular formula is C22H18BrNO7. The van der Waals surface area contributed by atoms with Crippen molar-refractivity contribution < 1.29 is 33.0 Å². The lowest BCUT2D eigenvalue weighted by Crippen LogP contribution is -2.39. The van der Waals surface area contributed by atoms with Crippen LogP contribution in [0.15, 0.2) is 57.6 Å². The smallest absolute Gasteiger partial charge is 0.379 e. The van der Waals surface area contributed by atoms with E-state index in [1.807, 2.05) is 18.2 Å². The van der Waals surface area contributed by atoms with Crippen molar-refractivity contribution in [3.63, 3.8) is 0 Å². The molecule has 3 aliphatic heterocycles. The van der Waals surface area contributed by atoms with Crippen LogP contribution in [0.25, 0.3) is 0 Å². The van der Waals surface area contributed by atoms with Gasteiger partial charge in [0.15, 0.2) is 4.67 Å². The Kier molecular flexibility index (Phi) is 4.75. The number of rotatable bonds is 5. The Morgan fingerprint density at radius 2 is 2.13 bits per heavy atom. The molecule has 0 radical (unpaired) electrons. The lowest BCUT2D eigenvalue weighted by molar-refractivity contribution is -0.151. The summed E-state index contributed by atoms with van der Waals surface area (Å²) in [5.74, 6) is -2.01. The van der Waals surface area contributed by atoms with E-state index in [4.69, 9.17) is 18.6 Å². The predicted octanol–water partition coefficient (Wildman–Crippen LogP) is 2.72. The quantitative estimate of drug-likeness (QED) is 0.363. The van der Waals surface area contributed by atoms with Crippen molar-refractivity contribution in [2.45, 2.75) is 18.2 Å². The molecule has 2 fully saturated rings. The Morgan fingerprint density at radius 3 is 2.87 bits per heavy atom. The van der Waals surface area contributed by atoms with Gasteiger partial charge in [0, 0.05) is 6.54 Å². The van der Waals surface area contributed by atoms with Crippen LogP contribution in [0.5, 0.6) is 5.75 Å². The molecule has 1 amide bonds. The molecule has 0 N–H and O–H groups in total.